The summed E-state index contributed by atoms with van der Waals surface area (Å²) in [4.78, 5) is 3.91. The minimum absolute atomic E-state index is 0.391. The molecule has 1 atom stereocenters. The fourth-order valence-electron chi connectivity index (χ4n) is 1.74. The van der Waals surface area contributed by atoms with Gasteiger partial charge in [-0.3, -0.25) is 0 Å². The van der Waals surface area contributed by atoms with Gasteiger partial charge in [0.2, 0.25) is 0 Å². The van der Waals surface area contributed by atoms with Gasteiger partial charge in [0.15, 0.2) is 6.29 Å². The number of anilines is 1. The van der Waals surface area contributed by atoms with Crippen LogP contribution in [0.2, 0.25) is 0 Å². The van der Waals surface area contributed by atoms with E-state index in [0.29, 0.717) is 18.7 Å². The molecule has 0 saturated carbocycles. The molecule has 96 valence electrons. The lowest BCUT2D eigenvalue weighted by molar-refractivity contribution is -0.139. The van der Waals surface area contributed by atoms with Gasteiger partial charge in [0.05, 0.1) is 5.60 Å². The van der Waals surface area contributed by atoms with E-state index in [0.717, 1.165) is 5.56 Å². The van der Waals surface area contributed by atoms with Crippen molar-refractivity contribution in [1.29, 1.82) is 0 Å². The summed E-state index contributed by atoms with van der Waals surface area (Å²) in [6.45, 7) is 1.74. The van der Waals surface area contributed by atoms with Crippen molar-refractivity contribution >= 4 is 5.82 Å². The first-order valence-corrected chi connectivity index (χ1v) is 5.45. The van der Waals surface area contributed by atoms with Gasteiger partial charge >= 0.3 is 0 Å². The molecule has 0 aliphatic heterocycles. The van der Waals surface area contributed by atoms with Crippen LogP contribution in [-0.2, 0) is 15.9 Å². The number of rotatable bonds is 6. The summed E-state index contributed by atoms with van der Waals surface area (Å²) < 4.78 is 10.2. The smallest absolute Gasteiger partial charge is 0.159 e. The zero-order valence-electron chi connectivity index (χ0n) is 10.5. The molecule has 0 radical (unpaired) electrons. The molecule has 0 spiro atoms. The molecule has 0 amide bonds. The Morgan fingerprint density at radius 2 is 2.12 bits per heavy atom. The molecule has 0 bridgehead atoms. The monoisotopic (exact) mass is 240 g/mol. The number of aliphatic hydroxyl groups is 1. The van der Waals surface area contributed by atoms with E-state index in [-0.39, 0.29) is 0 Å². The van der Waals surface area contributed by atoms with Gasteiger partial charge in [0, 0.05) is 33.3 Å². The number of aromatic nitrogens is 1. The van der Waals surface area contributed by atoms with E-state index in [9.17, 15) is 5.11 Å². The average molecular weight is 240 g/mol. The maximum Gasteiger partial charge on any atom is 0.159 e. The number of nitrogens with zero attached hydrogens (tertiary/aromatic N) is 1. The molecular weight excluding hydrogens is 220 g/mol. The van der Waals surface area contributed by atoms with Gasteiger partial charge < -0.3 is 20.3 Å². The first-order chi connectivity index (χ1) is 7.96. The molecule has 1 aromatic rings. The van der Waals surface area contributed by atoms with Gasteiger partial charge in [0.1, 0.15) is 5.82 Å². The van der Waals surface area contributed by atoms with Gasteiger partial charge in [-0.2, -0.15) is 0 Å². The average Bonchev–Trinajstić information content (AvgIpc) is 2.25. The summed E-state index contributed by atoms with van der Waals surface area (Å²) in [6, 6.07) is 3.59. The molecule has 1 aromatic heterocycles. The minimum atomic E-state index is -0.912. The van der Waals surface area contributed by atoms with E-state index in [1.807, 2.05) is 6.07 Å². The van der Waals surface area contributed by atoms with Gasteiger partial charge in [-0.25, -0.2) is 4.98 Å². The lowest BCUT2D eigenvalue weighted by Gasteiger charge is -2.27. The Morgan fingerprint density at radius 3 is 2.65 bits per heavy atom. The second-order valence-electron chi connectivity index (χ2n) is 4.37. The third-order valence-corrected chi connectivity index (χ3v) is 2.56. The van der Waals surface area contributed by atoms with E-state index in [4.69, 9.17) is 15.2 Å². The molecule has 5 nitrogen and oxygen atoms in total. The lowest BCUT2D eigenvalue weighted by atomic mass is 9.93. The fourth-order valence-corrected chi connectivity index (χ4v) is 1.74. The number of hydrogen-bond donors (Lipinski definition) is 2. The summed E-state index contributed by atoms with van der Waals surface area (Å²) in [5.74, 6) is 0.452. The number of nitrogens with two attached hydrogens (primary N) is 1. The molecule has 0 aliphatic carbocycles. The Kier molecular flexibility index (Phi) is 4.86. The fraction of sp³-hybridized carbons (Fsp3) is 0.583. The largest absolute Gasteiger partial charge is 0.390 e. The Labute approximate surface area is 102 Å². The van der Waals surface area contributed by atoms with Crippen molar-refractivity contribution in [3.63, 3.8) is 0 Å². The van der Waals surface area contributed by atoms with Crippen LogP contribution in [0.1, 0.15) is 18.9 Å². The van der Waals surface area contributed by atoms with E-state index < -0.39 is 11.9 Å². The molecule has 17 heavy (non-hydrogen) atoms. The summed E-state index contributed by atoms with van der Waals surface area (Å²) in [6.07, 6.45) is 2.08. The molecule has 1 unspecified atom stereocenters. The Hall–Kier alpha value is -1.17. The Morgan fingerprint density at radius 1 is 1.47 bits per heavy atom. The van der Waals surface area contributed by atoms with Crippen molar-refractivity contribution in [3.05, 3.63) is 23.9 Å². The van der Waals surface area contributed by atoms with Crippen molar-refractivity contribution in [2.45, 2.75) is 31.7 Å². The number of hydrogen-bond acceptors (Lipinski definition) is 5. The lowest BCUT2D eigenvalue weighted by Crippen LogP contribution is -2.34. The van der Waals surface area contributed by atoms with Crippen molar-refractivity contribution in [2.24, 2.45) is 0 Å². The van der Waals surface area contributed by atoms with Crippen LogP contribution in [-0.4, -0.2) is 36.2 Å². The molecule has 0 aliphatic rings. The van der Waals surface area contributed by atoms with E-state index >= 15 is 0 Å². The number of methoxy groups -OCH3 is 2. The highest BCUT2D eigenvalue weighted by molar-refractivity contribution is 5.32. The number of nitrogen functional groups attached to an aromatic ring is 1. The predicted octanol–water partition coefficient (Wildman–Crippen LogP) is 0.966. The number of ether oxygens (including phenoxy) is 2. The quantitative estimate of drug-likeness (QED) is 0.724. The van der Waals surface area contributed by atoms with Crippen LogP contribution >= 0.6 is 0 Å². The molecule has 0 aromatic carbocycles. The maximum absolute atomic E-state index is 10.3. The van der Waals surface area contributed by atoms with Crippen LogP contribution in [0.4, 0.5) is 5.82 Å². The van der Waals surface area contributed by atoms with Crippen LogP contribution < -0.4 is 5.73 Å². The number of pyridine rings is 1. The standard InChI is InChI=1S/C12H20N2O3/c1-12(15,8-11(16-2)17-3)7-9-4-5-14-10(13)6-9/h4-6,11,15H,7-8H2,1-3H3,(H2,13,14). The van der Waals surface area contributed by atoms with E-state index in [1.54, 1.807) is 33.4 Å². The SMILES string of the molecule is COC(CC(C)(O)Cc1ccnc(N)c1)OC. The molecule has 0 fully saturated rings. The third-order valence-electron chi connectivity index (χ3n) is 2.56. The van der Waals surface area contributed by atoms with Crippen LogP contribution in [0.15, 0.2) is 18.3 Å². The topological polar surface area (TPSA) is 77.6 Å². The van der Waals surface area contributed by atoms with Crippen LogP contribution in [0.3, 0.4) is 0 Å². The molecule has 3 N–H and O–H groups in total. The minimum Gasteiger partial charge on any atom is -0.390 e. The third kappa shape index (κ3) is 4.68. The van der Waals surface area contributed by atoms with E-state index in [1.165, 1.54) is 0 Å². The molecule has 1 rings (SSSR count). The molecule has 1 heterocycles. The van der Waals surface area contributed by atoms with Gasteiger partial charge in [-0.15, -0.1) is 0 Å². The van der Waals surface area contributed by atoms with Gasteiger partial charge in [0.25, 0.3) is 0 Å². The highest BCUT2D eigenvalue weighted by Crippen LogP contribution is 2.20. The van der Waals surface area contributed by atoms with Crippen LogP contribution in [0.5, 0.6) is 0 Å². The normalized spacial score (nSPS) is 14.9. The first kappa shape index (κ1) is 13.9. The summed E-state index contributed by atoms with van der Waals surface area (Å²) in [7, 11) is 3.10. The maximum atomic E-state index is 10.3. The van der Waals surface area contributed by atoms with Crippen LogP contribution in [0.25, 0.3) is 0 Å². The Bertz CT molecular complexity index is 351. The molecule has 5 heteroatoms. The van der Waals surface area contributed by atoms with Gasteiger partial charge in [-0.1, -0.05) is 0 Å². The predicted molar refractivity (Wildman–Crippen MR) is 65.4 cm³/mol. The molecular formula is C12H20N2O3. The van der Waals surface area contributed by atoms with Crippen molar-refractivity contribution in [2.75, 3.05) is 20.0 Å². The second-order valence-corrected chi connectivity index (χ2v) is 4.37. The highest BCUT2D eigenvalue weighted by atomic mass is 16.7. The zero-order valence-corrected chi connectivity index (χ0v) is 10.5. The van der Waals surface area contributed by atoms with Crippen molar-refractivity contribution < 1.29 is 14.6 Å². The second kappa shape index (κ2) is 5.95. The Balaban J connectivity index is 2.65. The summed E-state index contributed by atoms with van der Waals surface area (Å²) >= 11 is 0. The summed E-state index contributed by atoms with van der Waals surface area (Å²) in [5, 5.41) is 10.3. The van der Waals surface area contributed by atoms with Crippen LogP contribution in [0, 0.1) is 0 Å². The van der Waals surface area contributed by atoms with Crippen molar-refractivity contribution in [3.8, 4) is 0 Å². The highest BCUT2D eigenvalue weighted by Gasteiger charge is 2.26. The molecule has 0 saturated heterocycles. The van der Waals surface area contributed by atoms with E-state index in [2.05, 4.69) is 4.98 Å². The van der Waals surface area contributed by atoms with Crippen molar-refractivity contribution in [1.82, 2.24) is 4.98 Å². The first-order valence-electron chi connectivity index (χ1n) is 5.45. The summed E-state index contributed by atoms with van der Waals surface area (Å²) in [5.41, 5.74) is 5.62. The van der Waals surface area contributed by atoms with Gasteiger partial charge in [-0.05, 0) is 24.6 Å². The zero-order chi connectivity index (χ0) is 12.9.